The van der Waals surface area contributed by atoms with Gasteiger partial charge in [-0.1, -0.05) is 24.3 Å². The molecule has 0 bridgehead atoms. The van der Waals surface area contributed by atoms with Gasteiger partial charge in [-0.15, -0.1) is 0 Å². The minimum Gasteiger partial charge on any atom is -0.351 e. The van der Waals surface area contributed by atoms with E-state index in [1.165, 1.54) is 0 Å². The molecule has 3 N–H and O–H groups in total. The molecule has 2 amide bonds. The molecule has 2 rings (SSSR count). The largest absolute Gasteiger partial charge is 0.351 e. The zero-order chi connectivity index (χ0) is 10.7. The summed E-state index contributed by atoms with van der Waals surface area (Å²) in [5.41, 5.74) is 5.85. The molecule has 0 aliphatic rings. The number of aromatic nitrogens is 1. The molecule has 1 aromatic carbocycles. The first kappa shape index (κ1) is 9.79. The smallest absolute Gasteiger partial charge is 0.322 e. The highest BCUT2D eigenvalue weighted by molar-refractivity contribution is 7.97. The van der Waals surface area contributed by atoms with Gasteiger partial charge >= 0.3 is 6.03 Å². The third-order valence-electron chi connectivity index (χ3n) is 1.83. The number of nitrogens with zero attached hydrogens (tertiary/aromatic N) is 1. The number of carbonyl (C=O) groups excluding carboxylic acids is 1. The fourth-order valence-electron chi connectivity index (χ4n) is 1.21. The van der Waals surface area contributed by atoms with Crippen LogP contribution in [0.25, 0.3) is 10.9 Å². The molecule has 0 atom stereocenters. The summed E-state index contributed by atoms with van der Waals surface area (Å²) in [6.45, 7) is 0. The number of pyridine rings is 1. The van der Waals surface area contributed by atoms with Crippen LogP contribution in [-0.4, -0.2) is 11.0 Å². The number of hydrogen-bond donors (Lipinski definition) is 2. The van der Waals surface area contributed by atoms with Crippen LogP contribution in [-0.2, 0) is 0 Å². The average molecular weight is 219 g/mol. The number of amides is 2. The van der Waals surface area contributed by atoms with Crippen LogP contribution in [0.2, 0.25) is 0 Å². The minimum absolute atomic E-state index is 0.574. The van der Waals surface area contributed by atoms with E-state index in [9.17, 15) is 4.79 Å². The Bertz CT molecular complexity index is 501. The van der Waals surface area contributed by atoms with E-state index >= 15 is 0 Å². The van der Waals surface area contributed by atoms with Crippen LogP contribution in [0.3, 0.4) is 0 Å². The number of rotatable bonds is 2. The van der Waals surface area contributed by atoms with E-state index in [-0.39, 0.29) is 0 Å². The van der Waals surface area contributed by atoms with E-state index in [0.717, 1.165) is 22.9 Å². The molecule has 1 heterocycles. The molecule has 0 saturated carbocycles. The lowest BCUT2D eigenvalue weighted by Gasteiger charge is -2.01. The van der Waals surface area contributed by atoms with Gasteiger partial charge in [0.1, 0.15) is 5.03 Å². The molecule has 0 spiro atoms. The summed E-state index contributed by atoms with van der Waals surface area (Å²) in [7, 11) is 0. The highest BCUT2D eigenvalue weighted by Crippen LogP contribution is 2.17. The van der Waals surface area contributed by atoms with Crippen molar-refractivity contribution in [3.63, 3.8) is 0 Å². The Hall–Kier alpha value is -1.75. The lowest BCUT2D eigenvalue weighted by atomic mass is 10.2. The molecule has 15 heavy (non-hydrogen) atoms. The van der Waals surface area contributed by atoms with Gasteiger partial charge in [0.2, 0.25) is 0 Å². The molecule has 1 aromatic heterocycles. The lowest BCUT2D eigenvalue weighted by molar-refractivity contribution is 0.254. The van der Waals surface area contributed by atoms with Crippen molar-refractivity contribution in [3.8, 4) is 0 Å². The molecule has 76 valence electrons. The fraction of sp³-hybridized carbons (Fsp3) is 0. The molecular weight excluding hydrogens is 210 g/mol. The number of urea groups is 1. The van der Waals surface area contributed by atoms with Crippen LogP contribution < -0.4 is 10.5 Å². The first-order chi connectivity index (χ1) is 7.25. The number of hydrogen-bond acceptors (Lipinski definition) is 3. The van der Waals surface area contributed by atoms with Crippen LogP contribution in [0, 0.1) is 0 Å². The van der Waals surface area contributed by atoms with Crippen molar-refractivity contribution >= 4 is 28.9 Å². The van der Waals surface area contributed by atoms with Gasteiger partial charge in [-0.2, -0.15) is 0 Å². The summed E-state index contributed by atoms with van der Waals surface area (Å²) in [6, 6.07) is 11.0. The van der Waals surface area contributed by atoms with Gasteiger partial charge in [0, 0.05) is 17.3 Å². The Morgan fingerprint density at radius 3 is 2.87 bits per heavy atom. The maximum absolute atomic E-state index is 10.5. The summed E-state index contributed by atoms with van der Waals surface area (Å²) in [6.07, 6.45) is 0. The van der Waals surface area contributed by atoms with Gasteiger partial charge in [0.05, 0.1) is 5.52 Å². The van der Waals surface area contributed by atoms with Crippen LogP contribution in [0.1, 0.15) is 0 Å². The number of fused-ring (bicyclic) bond motifs is 1. The first-order valence-electron chi connectivity index (χ1n) is 4.34. The van der Waals surface area contributed by atoms with E-state index in [1.807, 2.05) is 36.4 Å². The summed E-state index contributed by atoms with van der Waals surface area (Å²) in [5.74, 6) is 0. The van der Waals surface area contributed by atoms with Crippen LogP contribution >= 0.6 is 11.9 Å². The van der Waals surface area contributed by atoms with Crippen molar-refractivity contribution in [3.05, 3.63) is 36.4 Å². The van der Waals surface area contributed by atoms with Crippen molar-refractivity contribution in [2.45, 2.75) is 5.03 Å². The fourth-order valence-corrected chi connectivity index (χ4v) is 1.69. The third-order valence-corrected chi connectivity index (χ3v) is 2.57. The number of primary amides is 1. The topological polar surface area (TPSA) is 68.0 Å². The van der Waals surface area contributed by atoms with E-state index in [0.29, 0.717) is 5.03 Å². The van der Waals surface area contributed by atoms with Gasteiger partial charge in [-0.25, -0.2) is 9.78 Å². The second kappa shape index (κ2) is 4.18. The Balaban J connectivity index is 2.26. The monoisotopic (exact) mass is 219 g/mol. The Morgan fingerprint density at radius 2 is 2.07 bits per heavy atom. The van der Waals surface area contributed by atoms with Crippen LogP contribution in [0.5, 0.6) is 0 Å². The Morgan fingerprint density at radius 1 is 1.27 bits per heavy atom. The number of benzene rings is 1. The SMILES string of the molecule is NC(=O)NSc1ccc2ccccc2n1. The molecule has 0 aliphatic heterocycles. The zero-order valence-electron chi connectivity index (χ0n) is 7.81. The van der Waals surface area contributed by atoms with E-state index in [1.54, 1.807) is 0 Å². The number of para-hydroxylation sites is 1. The number of nitrogens with one attached hydrogen (secondary N) is 1. The molecule has 2 aromatic rings. The highest BCUT2D eigenvalue weighted by Gasteiger charge is 1.99. The van der Waals surface area contributed by atoms with Gasteiger partial charge in [-0.3, -0.25) is 4.72 Å². The maximum atomic E-state index is 10.5. The summed E-state index contributed by atoms with van der Waals surface area (Å²) in [5, 5.41) is 1.79. The second-order valence-corrected chi connectivity index (χ2v) is 3.74. The maximum Gasteiger partial charge on any atom is 0.322 e. The third kappa shape index (κ3) is 2.38. The van der Waals surface area contributed by atoms with Crippen molar-refractivity contribution in [2.75, 3.05) is 0 Å². The summed E-state index contributed by atoms with van der Waals surface area (Å²) >= 11 is 1.11. The summed E-state index contributed by atoms with van der Waals surface area (Å²) in [4.78, 5) is 14.8. The van der Waals surface area contributed by atoms with E-state index < -0.39 is 6.03 Å². The number of nitrogens with two attached hydrogens (primary N) is 1. The summed E-state index contributed by atoms with van der Waals surface area (Å²) < 4.78 is 2.42. The first-order valence-corrected chi connectivity index (χ1v) is 5.15. The van der Waals surface area contributed by atoms with Crippen molar-refractivity contribution < 1.29 is 4.79 Å². The van der Waals surface area contributed by atoms with Crippen molar-refractivity contribution in [2.24, 2.45) is 5.73 Å². The molecule has 4 nitrogen and oxygen atoms in total. The second-order valence-electron chi connectivity index (χ2n) is 2.91. The highest BCUT2D eigenvalue weighted by atomic mass is 32.2. The number of carbonyl (C=O) groups is 1. The molecule has 0 aliphatic carbocycles. The minimum atomic E-state index is -0.574. The predicted octanol–water partition coefficient (Wildman–Crippen LogP) is 1.91. The molecule has 0 saturated heterocycles. The molecule has 0 radical (unpaired) electrons. The Kier molecular flexibility index (Phi) is 2.73. The van der Waals surface area contributed by atoms with E-state index in [2.05, 4.69) is 9.71 Å². The zero-order valence-corrected chi connectivity index (χ0v) is 8.62. The molecule has 0 unspecified atom stereocenters. The van der Waals surface area contributed by atoms with Crippen LogP contribution in [0.4, 0.5) is 4.79 Å². The lowest BCUT2D eigenvalue weighted by Crippen LogP contribution is -2.22. The Labute approximate surface area is 91.0 Å². The van der Waals surface area contributed by atoms with E-state index in [4.69, 9.17) is 5.73 Å². The van der Waals surface area contributed by atoms with Gasteiger partial charge < -0.3 is 5.73 Å². The molecule has 5 heteroatoms. The van der Waals surface area contributed by atoms with Crippen LogP contribution in [0.15, 0.2) is 41.4 Å². The van der Waals surface area contributed by atoms with Gasteiger partial charge in [0.15, 0.2) is 0 Å². The van der Waals surface area contributed by atoms with Gasteiger partial charge in [-0.05, 0) is 12.1 Å². The average Bonchev–Trinajstić information content (AvgIpc) is 2.26. The van der Waals surface area contributed by atoms with Gasteiger partial charge in [0.25, 0.3) is 0 Å². The predicted molar refractivity (Wildman–Crippen MR) is 60.3 cm³/mol. The standard InChI is InChI=1S/C10H9N3OS/c11-10(14)13-15-9-6-5-7-3-1-2-4-8(7)12-9/h1-6H,(H3,11,13,14). The molecular formula is C10H9N3OS. The van der Waals surface area contributed by atoms with Crippen molar-refractivity contribution in [1.82, 2.24) is 9.71 Å². The van der Waals surface area contributed by atoms with Crippen molar-refractivity contribution in [1.29, 1.82) is 0 Å². The molecule has 0 fully saturated rings. The quantitative estimate of drug-likeness (QED) is 0.758. The normalized spacial score (nSPS) is 10.1.